The lowest BCUT2D eigenvalue weighted by Crippen LogP contribution is -2.43. The topological polar surface area (TPSA) is 74.5 Å². The molecule has 192 valence electrons. The second-order valence-corrected chi connectivity index (χ2v) is 11.3. The number of rotatable bonds is 8. The molecule has 0 spiro atoms. The molecule has 7 nitrogen and oxygen atoms in total. The van der Waals surface area contributed by atoms with E-state index >= 15 is 0 Å². The van der Waals surface area contributed by atoms with E-state index in [1.165, 1.54) is 44.3 Å². The van der Waals surface area contributed by atoms with E-state index in [2.05, 4.69) is 70.3 Å². The molecule has 7 heteroatoms. The van der Waals surface area contributed by atoms with Crippen LogP contribution in [0.3, 0.4) is 0 Å². The third-order valence-electron chi connectivity index (χ3n) is 7.36. The highest BCUT2D eigenvalue weighted by molar-refractivity contribution is 5.78. The van der Waals surface area contributed by atoms with E-state index in [0.29, 0.717) is 18.3 Å². The number of nitrogens with one attached hydrogen (secondary N) is 1. The molecule has 3 heterocycles. The van der Waals surface area contributed by atoms with Gasteiger partial charge in [-0.05, 0) is 69.3 Å². The maximum atomic E-state index is 12.8. The molecule has 0 saturated carbocycles. The second-order valence-electron chi connectivity index (χ2n) is 11.3. The summed E-state index contributed by atoms with van der Waals surface area (Å²) in [6.07, 6.45) is 8.35. The number of amides is 1. The highest BCUT2D eigenvalue weighted by Gasteiger charge is 2.27. The summed E-state index contributed by atoms with van der Waals surface area (Å²) in [7, 11) is 0. The minimum atomic E-state index is 0.0364. The molecule has 0 aliphatic carbocycles. The van der Waals surface area contributed by atoms with E-state index in [0.717, 1.165) is 51.0 Å². The zero-order valence-corrected chi connectivity index (χ0v) is 21.9. The van der Waals surface area contributed by atoms with E-state index in [1.54, 1.807) is 0 Å². The van der Waals surface area contributed by atoms with Crippen LogP contribution in [-0.4, -0.2) is 65.1 Å². The summed E-state index contributed by atoms with van der Waals surface area (Å²) in [6, 6.07) is 8.38. The van der Waals surface area contributed by atoms with Crippen LogP contribution in [0.2, 0.25) is 0 Å². The SMILES string of the molecule is CC(C)(C)c1ccc(-c2noc(CN3CCCC(C(=O)NCCCN4CCCCCC4)C3)n2)cc1. The van der Waals surface area contributed by atoms with Crippen LogP contribution >= 0.6 is 0 Å². The van der Waals surface area contributed by atoms with Gasteiger partial charge in [0.1, 0.15) is 0 Å². The first-order valence-electron chi connectivity index (χ1n) is 13.5. The van der Waals surface area contributed by atoms with Gasteiger partial charge in [-0.25, -0.2) is 0 Å². The molecule has 35 heavy (non-hydrogen) atoms. The Morgan fingerprint density at radius 2 is 1.74 bits per heavy atom. The van der Waals surface area contributed by atoms with Gasteiger partial charge in [0.25, 0.3) is 0 Å². The molecule has 2 aliphatic rings. The number of hydrogen-bond acceptors (Lipinski definition) is 6. The molecule has 0 radical (unpaired) electrons. The van der Waals surface area contributed by atoms with Crippen molar-refractivity contribution in [2.75, 3.05) is 39.3 Å². The molecule has 2 aromatic rings. The van der Waals surface area contributed by atoms with Crippen LogP contribution in [0.25, 0.3) is 11.4 Å². The van der Waals surface area contributed by atoms with E-state index in [9.17, 15) is 4.79 Å². The monoisotopic (exact) mass is 481 g/mol. The Morgan fingerprint density at radius 1 is 1.03 bits per heavy atom. The molecular weight excluding hydrogens is 438 g/mol. The van der Waals surface area contributed by atoms with E-state index < -0.39 is 0 Å². The highest BCUT2D eigenvalue weighted by Crippen LogP contribution is 2.25. The smallest absolute Gasteiger partial charge is 0.241 e. The number of hydrogen-bond donors (Lipinski definition) is 1. The van der Waals surface area contributed by atoms with Gasteiger partial charge in [0.2, 0.25) is 17.6 Å². The quantitative estimate of drug-likeness (QED) is 0.554. The molecule has 1 atom stereocenters. The fraction of sp³-hybridized carbons (Fsp3) is 0.679. The first-order chi connectivity index (χ1) is 16.9. The van der Waals surface area contributed by atoms with Gasteiger partial charge in [-0.1, -0.05) is 63.0 Å². The zero-order chi connectivity index (χ0) is 24.7. The lowest BCUT2D eigenvalue weighted by atomic mass is 9.87. The van der Waals surface area contributed by atoms with Crippen molar-refractivity contribution < 1.29 is 9.32 Å². The number of carbonyl (C=O) groups is 1. The van der Waals surface area contributed by atoms with E-state index in [-0.39, 0.29) is 17.2 Å². The van der Waals surface area contributed by atoms with Crippen LogP contribution < -0.4 is 5.32 Å². The Labute approximate surface area is 210 Å². The van der Waals surface area contributed by atoms with Gasteiger partial charge in [-0.15, -0.1) is 0 Å². The zero-order valence-electron chi connectivity index (χ0n) is 21.9. The predicted molar refractivity (Wildman–Crippen MR) is 139 cm³/mol. The van der Waals surface area contributed by atoms with Gasteiger partial charge in [0.05, 0.1) is 12.5 Å². The summed E-state index contributed by atoms with van der Waals surface area (Å²) in [4.78, 5) is 22.2. The van der Waals surface area contributed by atoms with Crippen molar-refractivity contribution in [3.8, 4) is 11.4 Å². The molecule has 4 rings (SSSR count). The molecule has 2 saturated heterocycles. The molecule has 2 fully saturated rings. The van der Waals surface area contributed by atoms with Gasteiger partial charge in [0, 0.05) is 18.7 Å². The fourth-order valence-electron chi connectivity index (χ4n) is 5.18. The van der Waals surface area contributed by atoms with E-state index in [4.69, 9.17) is 4.52 Å². The lowest BCUT2D eigenvalue weighted by molar-refractivity contribution is -0.126. The molecule has 1 aromatic heterocycles. The number of piperidine rings is 1. The summed E-state index contributed by atoms with van der Waals surface area (Å²) < 4.78 is 5.55. The third-order valence-corrected chi connectivity index (χ3v) is 7.36. The molecule has 1 N–H and O–H groups in total. The molecule has 1 unspecified atom stereocenters. The van der Waals surface area contributed by atoms with Crippen LogP contribution in [-0.2, 0) is 16.8 Å². The number of carbonyl (C=O) groups excluding carboxylic acids is 1. The van der Waals surface area contributed by atoms with Crippen molar-refractivity contribution in [2.45, 2.75) is 77.7 Å². The summed E-state index contributed by atoms with van der Waals surface area (Å²) in [5.41, 5.74) is 2.36. The molecule has 1 amide bonds. The van der Waals surface area contributed by atoms with Gasteiger partial charge in [-0.3, -0.25) is 9.69 Å². The largest absolute Gasteiger partial charge is 0.356 e. The van der Waals surface area contributed by atoms with Gasteiger partial charge in [0.15, 0.2) is 0 Å². The van der Waals surface area contributed by atoms with Crippen molar-refractivity contribution in [3.05, 3.63) is 35.7 Å². The van der Waals surface area contributed by atoms with Crippen LogP contribution in [0.5, 0.6) is 0 Å². The average Bonchev–Trinajstić information content (AvgIpc) is 3.15. The van der Waals surface area contributed by atoms with Gasteiger partial charge < -0.3 is 14.7 Å². The normalized spacial score (nSPS) is 20.5. The van der Waals surface area contributed by atoms with Crippen molar-refractivity contribution in [1.82, 2.24) is 25.3 Å². The first-order valence-corrected chi connectivity index (χ1v) is 13.5. The van der Waals surface area contributed by atoms with Crippen molar-refractivity contribution >= 4 is 5.91 Å². The lowest BCUT2D eigenvalue weighted by Gasteiger charge is -2.31. The number of aromatic nitrogens is 2. The maximum Gasteiger partial charge on any atom is 0.241 e. The van der Waals surface area contributed by atoms with Crippen LogP contribution in [0, 0.1) is 5.92 Å². The molecule has 2 aliphatic heterocycles. The summed E-state index contributed by atoms with van der Waals surface area (Å²) in [5, 5.41) is 7.39. The highest BCUT2D eigenvalue weighted by atomic mass is 16.5. The number of benzene rings is 1. The van der Waals surface area contributed by atoms with Crippen molar-refractivity contribution in [1.29, 1.82) is 0 Å². The van der Waals surface area contributed by atoms with Gasteiger partial charge >= 0.3 is 0 Å². The summed E-state index contributed by atoms with van der Waals surface area (Å²) in [6.45, 7) is 13.2. The Morgan fingerprint density at radius 3 is 2.46 bits per heavy atom. The Bertz CT molecular complexity index is 926. The fourth-order valence-corrected chi connectivity index (χ4v) is 5.18. The standard InChI is InChI=1S/C28H43N5O2/c1-28(2,3)24-13-11-22(12-14-24)26-30-25(35-31-26)21-33-18-8-10-23(20-33)27(34)29-15-9-19-32-16-6-4-5-7-17-32/h11-14,23H,4-10,15-21H2,1-3H3,(H,29,34). The summed E-state index contributed by atoms with van der Waals surface area (Å²) >= 11 is 0. The predicted octanol–water partition coefficient (Wildman–Crippen LogP) is 4.63. The first kappa shape index (κ1) is 25.8. The average molecular weight is 482 g/mol. The van der Waals surface area contributed by atoms with Gasteiger partial charge in [-0.2, -0.15) is 4.98 Å². The number of likely N-dealkylation sites (tertiary alicyclic amines) is 2. The molecule has 1 aromatic carbocycles. The summed E-state index contributed by atoms with van der Waals surface area (Å²) in [5.74, 6) is 1.46. The van der Waals surface area contributed by atoms with Crippen LogP contribution in [0.4, 0.5) is 0 Å². The van der Waals surface area contributed by atoms with Crippen LogP contribution in [0.1, 0.15) is 77.2 Å². The minimum Gasteiger partial charge on any atom is -0.356 e. The van der Waals surface area contributed by atoms with Crippen LogP contribution in [0.15, 0.2) is 28.8 Å². The molecule has 0 bridgehead atoms. The van der Waals surface area contributed by atoms with Crippen molar-refractivity contribution in [2.24, 2.45) is 5.92 Å². The Kier molecular flexibility index (Phi) is 8.95. The second kappa shape index (κ2) is 12.1. The maximum absolute atomic E-state index is 12.8. The van der Waals surface area contributed by atoms with Crippen molar-refractivity contribution in [3.63, 3.8) is 0 Å². The number of nitrogens with zero attached hydrogens (tertiary/aromatic N) is 4. The minimum absolute atomic E-state index is 0.0364. The third kappa shape index (κ3) is 7.61. The van der Waals surface area contributed by atoms with E-state index in [1.807, 2.05) is 0 Å². The Hall–Kier alpha value is -2.25. The molecular formula is C28H43N5O2. The Balaban J connectivity index is 1.22.